The third-order valence-corrected chi connectivity index (χ3v) is 3.42. The van der Waals surface area contributed by atoms with E-state index >= 15 is 0 Å². The van der Waals surface area contributed by atoms with Gasteiger partial charge in [0.1, 0.15) is 18.1 Å². The Morgan fingerprint density at radius 1 is 1.04 bits per heavy atom. The molecule has 0 saturated carbocycles. The van der Waals surface area contributed by atoms with Crippen LogP contribution in [0.1, 0.15) is 0 Å². The molecule has 2 rings (SSSR count). The third kappa shape index (κ3) is 5.49. The lowest BCUT2D eigenvalue weighted by Crippen LogP contribution is -2.30. The van der Waals surface area contributed by atoms with Crippen LogP contribution in [0, 0.1) is 0 Å². The van der Waals surface area contributed by atoms with E-state index in [0.717, 1.165) is 16.8 Å². The van der Waals surface area contributed by atoms with Crippen LogP contribution >= 0.6 is 0 Å². The average molecular weight is 359 g/mol. The van der Waals surface area contributed by atoms with Crippen molar-refractivity contribution < 1.29 is 28.5 Å². The summed E-state index contributed by atoms with van der Waals surface area (Å²) in [6.07, 6.45) is 0.502. The highest BCUT2D eigenvalue weighted by molar-refractivity contribution is 5.94. The standard InChI is InChI=1S/C19H21NO6/c1-3-18(21)25-13-12-24-11-10-20-19(22)26-17-9-8-16(23-2)14-6-4-5-7-15(14)17/h3-9H,1,10-13H2,2H3,(H,20,22). The number of benzene rings is 2. The fraction of sp³-hybridized carbons (Fsp3) is 0.263. The first-order valence-corrected chi connectivity index (χ1v) is 8.04. The molecule has 1 amide bonds. The van der Waals surface area contributed by atoms with E-state index < -0.39 is 12.1 Å². The van der Waals surface area contributed by atoms with E-state index in [1.165, 1.54) is 0 Å². The van der Waals surface area contributed by atoms with E-state index in [2.05, 4.69) is 11.9 Å². The van der Waals surface area contributed by atoms with Gasteiger partial charge in [-0.05, 0) is 12.1 Å². The number of hydrogen-bond acceptors (Lipinski definition) is 6. The van der Waals surface area contributed by atoms with Crippen LogP contribution in [0.2, 0.25) is 0 Å². The Bertz CT molecular complexity index is 774. The van der Waals surface area contributed by atoms with Crippen molar-refractivity contribution in [1.82, 2.24) is 5.32 Å². The molecule has 0 aliphatic heterocycles. The zero-order valence-electron chi connectivity index (χ0n) is 14.5. The summed E-state index contributed by atoms with van der Waals surface area (Å²) in [5.41, 5.74) is 0. The van der Waals surface area contributed by atoms with Crippen molar-refractivity contribution >= 4 is 22.8 Å². The number of carbonyl (C=O) groups excluding carboxylic acids is 2. The molecule has 2 aromatic carbocycles. The second kappa shape index (κ2) is 10.0. The van der Waals surface area contributed by atoms with Gasteiger partial charge >= 0.3 is 12.1 Å². The zero-order valence-corrected chi connectivity index (χ0v) is 14.5. The van der Waals surface area contributed by atoms with Crippen LogP contribution in [0.4, 0.5) is 4.79 Å². The van der Waals surface area contributed by atoms with E-state index in [4.69, 9.17) is 18.9 Å². The smallest absolute Gasteiger partial charge is 0.412 e. The van der Waals surface area contributed by atoms with Gasteiger partial charge in [0, 0.05) is 23.4 Å². The van der Waals surface area contributed by atoms with Gasteiger partial charge in [0.15, 0.2) is 0 Å². The molecule has 7 heteroatoms. The van der Waals surface area contributed by atoms with E-state index in [9.17, 15) is 9.59 Å². The SMILES string of the molecule is C=CC(=O)OCCOCCNC(=O)Oc1ccc(OC)c2ccccc12. The highest BCUT2D eigenvalue weighted by Crippen LogP contribution is 2.32. The number of fused-ring (bicyclic) bond motifs is 1. The highest BCUT2D eigenvalue weighted by atomic mass is 16.6. The number of methoxy groups -OCH3 is 1. The van der Waals surface area contributed by atoms with Gasteiger partial charge in [0.05, 0.1) is 20.3 Å². The molecule has 138 valence electrons. The molecule has 2 aromatic rings. The van der Waals surface area contributed by atoms with Crippen molar-refractivity contribution in [3.63, 3.8) is 0 Å². The predicted molar refractivity (Wildman–Crippen MR) is 96.5 cm³/mol. The summed E-state index contributed by atoms with van der Waals surface area (Å²) in [7, 11) is 1.59. The molecule has 0 saturated heterocycles. The van der Waals surface area contributed by atoms with Crippen molar-refractivity contribution in [2.24, 2.45) is 0 Å². The number of rotatable bonds is 9. The maximum absolute atomic E-state index is 11.9. The summed E-state index contributed by atoms with van der Waals surface area (Å²) in [5.74, 6) is 0.650. The van der Waals surface area contributed by atoms with E-state index in [0.29, 0.717) is 11.5 Å². The van der Waals surface area contributed by atoms with Gasteiger partial charge in [-0.3, -0.25) is 0 Å². The quantitative estimate of drug-likeness (QED) is 0.421. The summed E-state index contributed by atoms with van der Waals surface area (Å²) in [5, 5.41) is 4.23. The Labute approximate surface area is 151 Å². The number of esters is 1. The van der Waals surface area contributed by atoms with Crippen molar-refractivity contribution in [1.29, 1.82) is 0 Å². The molecule has 1 N–H and O–H groups in total. The maximum Gasteiger partial charge on any atom is 0.412 e. The van der Waals surface area contributed by atoms with Crippen LogP contribution in [0.5, 0.6) is 11.5 Å². The summed E-state index contributed by atoms with van der Waals surface area (Å²) in [6.45, 7) is 4.19. The van der Waals surface area contributed by atoms with Crippen LogP contribution in [-0.4, -0.2) is 45.5 Å². The maximum atomic E-state index is 11.9. The molecule has 0 bridgehead atoms. The minimum atomic E-state index is -0.581. The van der Waals surface area contributed by atoms with Crippen LogP contribution in [0.15, 0.2) is 49.1 Å². The molecular formula is C19H21NO6. The van der Waals surface area contributed by atoms with Crippen molar-refractivity contribution in [2.75, 3.05) is 33.5 Å². The molecule has 0 aliphatic carbocycles. The van der Waals surface area contributed by atoms with Gasteiger partial charge < -0.3 is 24.3 Å². The summed E-state index contributed by atoms with van der Waals surface area (Å²) in [6, 6.07) is 10.9. The van der Waals surface area contributed by atoms with Gasteiger partial charge in [-0.15, -0.1) is 0 Å². The molecule has 0 aromatic heterocycles. The van der Waals surface area contributed by atoms with Crippen LogP contribution in [0.3, 0.4) is 0 Å². The average Bonchev–Trinajstić information content (AvgIpc) is 2.67. The van der Waals surface area contributed by atoms with Gasteiger partial charge in [-0.2, -0.15) is 0 Å². The van der Waals surface area contributed by atoms with E-state index in [1.807, 2.05) is 24.3 Å². The zero-order chi connectivity index (χ0) is 18.8. The van der Waals surface area contributed by atoms with Gasteiger partial charge in [0.2, 0.25) is 0 Å². The van der Waals surface area contributed by atoms with Crippen molar-refractivity contribution in [2.45, 2.75) is 0 Å². The van der Waals surface area contributed by atoms with Crippen LogP contribution in [-0.2, 0) is 14.3 Å². The third-order valence-electron chi connectivity index (χ3n) is 3.42. The van der Waals surface area contributed by atoms with E-state index in [1.54, 1.807) is 19.2 Å². The summed E-state index contributed by atoms with van der Waals surface area (Å²) >= 11 is 0. The Morgan fingerprint density at radius 2 is 1.73 bits per heavy atom. The number of amides is 1. The molecule has 0 aliphatic rings. The highest BCUT2D eigenvalue weighted by Gasteiger charge is 2.10. The first-order chi connectivity index (χ1) is 12.7. The minimum Gasteiger partial charge on any atom is -0.496 e. The number of ether oxygens (including phenoxy) is 4. The Morgan fingerprint density at radius 3 is 2.42 bits per heavy atom. The largest absolute Gasteiger partial charge is 0.496 e. The minimum absolute atomic E-state index is 0.132. The summed E-state index contributed by atoms with van der Waals surface area (Å²) in [4.78, 5) is 22.7. The molecule has 0 radical (unpaired) electrons. The predicted octanol–water partition coefficient (Wildman–Crippen LogP) is 2.68. The Kier molecular flexibility index (Phi) is 7.45. The molecule has 0 unspecified atom stereocenters. The molecule has 26 heavy (non-hydrogen) atoms. The van der Waals surface area contributed by atoms with E-state index in [-0.39, 0.29) is 26.4 Å². The number of carbonyl (C=O) groups is 2. The summed E-state index contributed by atoms with van der Waals surface area (Å²) < 4.78 is 20.7. The van der Waals surface area contributed by atoms with Gasteiger partial charge in [-0.25, -0.2) is 9.59 Å². The molecule has 7 nitrogen and oxygen atoms in total. The lowest BCUT2D eigenvalue weighted by atomic mass is 10.1. The van der Waals surface area contributed by atoms with Crippen LogP contribution in [0.25, 0.3) is 10.8 Å². The molecular weight excluding hydrogens is 338 g/mol. The fourth-order valence-electron chi connectivity index (χ4n) is 2.23. The second-order valence-corrected chi connectivity index (χ2v) is 5.11. The first kappa shape index (κ1) is 19.3. The molecule has 0 spiro atoms. The first-order valence-electron chi connectivity index (χ1n) is 8.04. The fourth-order valence-corrected chi connectivity index (χ4v) is 2.23. The lowest BCUT2D eigenvalue weighted by Gasteiger charge is -2.11. The monoisotopic (exact) mass is 359 g/mol. The van der Waals surface area contributed by atoms with Gasteiger partial charge in [0.25, 0.3) is 0 Å². The molecule has 0 atom stereocenters. The van der Waals surface area contributed by atoms with Crippen molar-refractivity contribution in [3.05, 3.63) is 49.1 Å². The second-order valence-electron chi connectivity index (χ2n) is 5.11. The Balaban J connectivity index is 1.77. The van der Waals surface area contributed by atoms with Gasteiger partial charge in [-0.1, -0.05) is 30.8 Å². The Hall–Kier alpha value is -3.06. The molecule has 0 heterocycles. The topological polar surface area (TPSA) is 83.1 Å². The normalized spacial score (nSPS) is 10.2. The van der Waals surface area contributed by atoms with Crippen LogP contribution < -0.4 is 14.8 Å². The number of hydrogen-bond donors (Lipinski definition) is 1. The number of nitrogens with one attached hydrogen (secondary N) is 1. The van der Waals surface area contributed by atoms with Crippen molar-refractivity contribution in [3.8, 4) is 11.5 Å². The lowest BCUT2D eigenvalue weighted by molar-refractivity contribution is -0.139. The molecule has 0 fully saturated rings.